The number of hydrogen-bond donors (Lipinski definition) is 2. The van der Waals surface area contributed by atoms with Gasteiger partial charge < -0.3 is 14.8 Å². The molecule has 2 heterocycles. The number of halogens is 1. The van der Waals surface area contributed by atoms with E-state index in [1.54, 1.807) is 16.8 Å². The first kappa shape index (κ1) is 23.7. The fraction of sp³-hybridized carbons (Fsp3) is 0.308. The van der Waals surface area contributed by atoms with Crippen LogP contribution in [0, 0.1) is 5.82 Å². The highest BCUT2D eigenvalue weighted by molar-refractivity contribution is 5.90. The van der Waals surface area contributed by atoms with E-state index in [0.717, 1.165) is 25.2 Å². The number of carbonyl (C=O) groups is 2. The zero-order valence-corrected chi connectivity index (χ0v) is 18.8. The Morgan fingerprint density at radius 2 is 1.76 bits per heavy atom. The highest BCUT2D eigenvalue weighted by atomic mass is 19.1. The number of piperazine rings is 1. The number of aliphatic carboxylic acids is 2. The molecule has 1 aliphatic rings. The predicted octanol–water partition coefficient (Wildman–Crippen LogP) is 3.71. The Balaban J connectivity index is 1.49. The van der Waals surface area contributed by atoms with Crippen LogP contribution in [0.4, 0.5) is 4.39 Å². The molecule has 4 rings (SSSR count). The van der Waals surface area contributed by atoms with Crippen molar-refractivity contribution in [3.05, 3.63) is 77.7 Å². The van der Waals surface area contributed by atoms with E-state index in [1.165, 1.54) is 12.1 Å². The lowest BCUT2D eigenvalue weighted by atomic mass is 10.0. The second kappa shape index (κ2) is 10.6. The standard InChI is InChI=1S/C26H28FN3O4/c27-20-8-9-21-22(18-30(23(21)17-20)12-10-24(31)32)25(26(33)34)29-15-13-28(14-16-29)11-4-7-19-5-2-1-3-6-19/h1-9,17-18,25H,10-16H2,(H,31,32)(H,33,34)/b7-4+/t25-/m0/s1. The van der Waals surface area contributed by atoms with Crippen LogP contribution in [-0.2, 0) is 16.1 Å². The summed E-state index contributed by atoms with van der Waals surface area (Å²) in [5, 5.41) is 19.8. The van der Waals surface area contributed by atoms with Gasteiger partial charge in [0.25, 0.3) is 0 Å². The van der Waals surface area contributed by atoms with Crippen LogP contribution in [0.1, 0.15) is 23.6 Å². The number of carboxylic acid groups (broad SMARTS) is 2. The zero-order chi connectivity index (χ0) is 24.1. The summed E-state index contributed by atoms with van der Waals surface area (Å²) in [4.78, 5) is 27.6. The van der Waals surface area contributed by atoms with E-state index in [2.05, 4.69) is 17.1 Å². The van der Waals surface area contributed by atoms with Gasteiger partial charge in [0, 0.05) is 56.4 Å². The van der Waals surface area contributed by atoms with Gasteiger partial charge >= 0.3 is 11.9 Å². The Bertz CT molecular complexity index is 1180. The number of hydrogen-bond acceptors (Lipinski definition) is 4. The first-order valence-corrected chi connectivity index (χ1v) is 11.3. The van der Waals surface area contributed by atoms with Crippen LogP contribution in [0.5, 0.6) is 0 Å². The maximum atomic E-state index is 13.9. The Hall–Kier alpha value is -3.49. The van der Waals surface area contributed by atoms with E-state index in [9.17, 15) is 19.1 Å². The van der Waals surface area contributed by atoms with Gasteiger partial charge in [0.15, 0.2) is 0 Å². The Morgan fingerprint density at radius 3 is 2.44 bits per heavy atom. The number of benzene rings is 2. The van der Waals surface area contributed by atoms with E-state index in [0.29, 0.717) is 29.6 Å². The molecule has 1 aromatic heterocycles. The number of rotatable bonds is 9. The van der Waals surface area contributed by atoms with Crippen LogP contribution < -0.4 is 0 Å². The SMILES string of the molecule is O=C(O)CCn1cc([C@@H](C(=O)O)N2CCN(C/C=C/c3ccccc3)CC2)c2ccc(F)cc21. The molecule has 7 nitrogen and oxygen atoms in total. The van der Waals surface area contributed by atoms with Crippen molar-refractivity contribution in [2.24, 2.45) is 0 Å². The summed E-state index contributed by atoms with van der Waals surface area (Å²) in [5.41, 5.74) is 2.21. The molecule has 1 saturated heterocycles. The van der Waals surface area contributed by atoms with Gasteiger partial charge in [0.05, 0.1) is 11.9 Å². The van der Waals surface area contributed by atoms with Crippen LogP contribution in [0.15, 0.2) is 60.8 Å². The molecule has 8 heteroatoms. The van der Waals surface area contributed by atoms with Crippen LogP contribution in [0.25, 0.3) is 17.0 Å². The van der Waals surface area contributed by atoms with Crippen LogP contribution >= 0.6 is 0 Å². The molecule has 0 amide bonds. The van der Waals surface area contributed by atoms with Gasteiger partial charge in [-0.3, -0.25) is 19.4 Å². The number of nitrogens with zero attached hydrogens (tertiary/aromatic N) is 3. The zero-order valence-electron chi connectivity index (χ0n) is 18.8. The van der Waals surface area contributed by atoms with Crippen molar-refractivity contribution in [3.8, 4) is 0 Å². The maximum Gasteiger partial charge on any atom is 0.325 e. The average molecular weight is 466 g/mol. The highest BCUT2D eigenvalue weighted by Gasteiger charge is 2.32. The molecule has 0 saturated carbocycles. The van der Waals surface area contributed by atoms with Gasteiger partial charge in [-0.05, 0) is 23.8 Å². The molecular weight excluding hydrogens is 437 g/mol. The van der Waals surface area contributed by atoms with Crippen LogP contribution in [0.2, 0.25) is 0 Å². The first-order chi connectivity index (χ1) is 16.4. The van der Waals surface area contributed by atoms with Gasteiger partial charge in [0.1, 0.15) is 11.9 Å². The van der Waals surface area contributed by atoms with E-state index >= 15 is 0 Å². The molecule has 0 spiro atoms. The summed E-state index contributed by atoms with van der Waals surface area (Å²) in [6.45, 7) is 3.56. The molecule has 3 aromatic rings. The maximum absolute atomic E-state index is 13.9. The Kier molecular flexibility index (Phi) is 7.40. The number of carboxylic acids is 2. The predicted molar refractivity (Wildman–Crippen MR) is 128 cm³/mol. The van der Waals surface area contributed by atoms with Gasteiger partial charge in [-0.1, -0.05) is 42.5 Å². The summed E-state index contributed by atoms with van der Waals surface area (Å²) in [5.74, 6) is -2.39. The van der Waals surface area contributed by atoms with Gasteiger partial charge in [-0.2, -0.15) is 0 Å². The molecule has 178 valence electrons. The number of fused-ring (bicyclic) bond motifs is 1. The second-order valence-electron chi connectivity index (χ2n) is 8.47. The van der Waals surface area contributed by atoms with Gasteiger partial charge in [-0.25, -0.2) is 4.39 Å². The topological polar surface area (TPSA) is 86.0 Å². The summed E-state index contributed by atoms with van der Waals surface area (Å²) in [6.07, 6.45) is 5.73. The molecule has 2 N–H and O–H groups in total. The van der Waals surface area contributed by atoms with Gasteiger partial charge in [-0.15, -0.1) is 0 Å². The third-order valence-corrected chi connectivity index (χ3v) is 6.22. The second-order valence-corrected chi connectivity index (χ2v) is 8.47. The monoisotopic (exact) mass is 465 g/mol. The summed E-state index contributed by atoms with van der Waals surface area (Å²) in [6, 6.07) is 13.4. The van der Waals surface area contributed by atoms with Crippen molar-refractivity contribution in [1.29, 1.82) is 0 Å². The molecule has 1 atom stereocenters. The average Bonchev–Trinajstić information content (AvgIpc) is 3.16. The quantitative estimate of drug-likeness (QED) is 0.501. The largest absolute Gasteiger partial charge is 0.481 e. The van der Waals surface area contributed by atoms with Crippen molar-refractivity contribution in [3.63, 3.8) is 0 Å². The van der Waals surface area contributed by atoms with Crippen LogP contribution in [0.3, 0.4) is 0 Å². The minimum atomic E-state index is -0.973. The Labute approximate surface area is 197 Å². The van der Waals surface area contributed by atoms with E-state index in [-0.39, 0.29) is 13.0 Å². The fourth-order valence-electron chi connectivity index (χ4n) is 4.50. The summed E-state index contributed by atoms with van der Waals surface area (Å²) >= 11 is 0. The minimum absolute atomic E-state index is 0.132. The lowest BCUT2D eigenvalue weighted by molar-refractivity contribution is -0.144. The van der Waals surface area contributed by atoms with Gasteiger partial charge in [0.2, 0.25) is 0 Å². The van der Waals surface area contributed by atoms with Crippen molar-refractivity contribution in [2.45, 2.75) is 19.0 Å². The molecule has 0 radical (unpaired) electrons. The van der Waals surface area contributed by atoms with Crippen molar-refractivity contribution < 1.29 is 24.2 Å². The van der Waals surface area contributed by atoms with E-state index in [4.69, 9.17) is 5.11 Å². The first-order valence-electron chi connectivity index (χ1n) is 11.3. The lowest BCUT2D eigenvalue weighted by Crippen LogP contribution is -2.49. The molecule has 34 heavy (non-hydrogen) atoms. The van der Waals surface area contributed by atoms with E-state index in [1.807, 2.05) is 35.2 Å². The van der Waals surface area contributed by atoms with E-state index < -0.39 is 23.8 Å². The normalized spacial score (nSPS) is 16.3. The Morgan fingerprint density at radius 1 is 1.03 bits per heavy atom. The minimum Gasteiger partial charge on any atom is -0.481 e. The van der Waals surface area contributed by atoms with Crippen molar-refractivity contribution in [1.82, 2.24) is 14.4 Å². The highest BCUT2D eigenvalue weighted by Crippen LogP contribution is 2.32. The molecule has 0 aliphatic carbocycles. The molecule has 2 aromatic carbocycles. The number of aryl methyl sites for hydroxylation is 1. The van der Waals surface area contributed by atoms with Crippen molar-refractivity contribution >= 4 is 28.9 Å². The molecular formula is C26H28FN3O4. The smallest absolute Gasteiger partial charge is 0.325 e. The summed E-state index contributed by atoms with van der Waals surface area (Å²) in [7, 11) is 0. The fourth-order valence-corrected chi connectivity index (χ4v) is 4.50. The lowest BCUT2D eigenvalue weighted by Gasteiger charge is -2.37. The van der Waals surface area contributed by atoms with Crippen molar-refractivity contribution in [2.75, 3.05) is 32.7 Å². The molecule has 0 bridgehead atoms. The molecule has 1 fully saturated rings. The molecule has 1 aliphatic heterocycles. The molecule has 0 unspecified atom stereocenters. The summed E-state index contributed by atoms with van der Waals surface area (Å²) < 4.78 is 15.6. The van der Waals surface area contributed by atoms with Crippen LogP contribution in [-0.4, -0.2) is 69.2 Å². The number of aromatic nitrogens is 1. The third kappa shape index (κ3) is 5.52. The third-order valence-electron chi connectivity index (χ3n) is 6.22.